The minimum absolute atomic E-state index is 0.0293. The van der Waals surface area contributed by atoms with Gasteiger partial charge in [0.2, 0.25) is 11.8 Å². The van der Waals surface area contributed by atoms with E-state index in [1.54, 1.807) is 32.0 Å². The molecule has 0 radical (unpaired) electrons. The predicted molar refractivity (Wildman–Crippen MR) is 183 cm³/mol. The summed E-state index contributed by atoms with van der Waals surface area (Å²) in [6, 6.07) is 21.5. The van der Waals surface area contributed by atoms with E-state index in [-0.39, 0.29) is 52.0 Å². The van der Waals surface area contributed by atoms with E-state index in [1.807, 2.05) is 30.3 Å². The minimum atomic E-state index is -4.47. The maximum atomic E-state index is 14.6. The number of halogens is 3. The minimum Gasteiger partial charge on any atom is -0.486 e. The van der Waals surface area contributed by atoms with Gasteiger partial charge in [0.1, 0.15) is 31.6 Å². The number of nitrogens with one attached hydrogen (secondary N) is 1. The highest BCUT2D eigenvalue weighted by Gasteiger charge is 2.36. The Morgan fingerprint density at radius 3 is 2.17 bits per heavy atom. The van der Waals surface area contributed by atoms with Crippen LogP contribution in [0.5, 0.6) is 11.5 Å². The standard InChI is InChI=1S/C35H34Cl2FN3O6S/c1-23(2)39-35(43)31(19-24-7-4-3-5-8-24)40(21-28-29(36)9-6-10-30(28)37)34(42)22-41(26-13-11-25(38)12-14-26)48(44,45)27-15-16-32-33(20-27)47-18-17-46-32/h3-16,20,23,31H,17-19,21-22H2,1-2H3,(H,39,43)/t31-/m1/s1. The first-order valence-electron chi connectivity index (χ1n) is 15.2. The van der Waals surface area contributed by atoms with E-state index in [0.29, 0.717) is 17.9 Å². The molecule has 0 spiro atoms. The monoisotopic (exact) mass is 713 g/mol. The van der Waals surface area contributed by atoms with Gasteiger partial charge in [-0.3, -0.25) is 13.9 Å². The van der Waals surface area contributed by atoms with Crippen LogP contribution < -0.4 is 19.1 Å². The van der Waals surface area contributed by atoms with Crippen LogP contribution in [0.15, 0.2) is 95.9 Å². The Morgan fingerprint density at radius 1 is 0.875 bits per heavy atom. The summed E-state index contributed by atoms with van der Waals surface area (Å²) in [4.78, 5) is 29.5. The molecule has 0 aliphatic carbocycles. The lowest BCUT2D eigenvalue weighted by Crippen LogP contribution is -2.54. The number of carbonyl (C=O) groups is 2. The van der Waals surface area contributed by atoms with Crippen molar-refractivity contribution in [1.82, 2.24) is 10.2 Å². The highest BCUT2D eigenvalue weighted by Crippen LogP contribution is 2.35. The fourth-order valence-corrected chi connectivity index (χ4v) is 7.18. The van der Waals surface area contributed by atoms with Gasteiger partial charge in [0, 0.05) is 40.7 Å². The molecule has 5 rings (SSSR count). The van der Waals surface area contributed by atoms with Crippen molar-refractivity contribution in [1.29, 1.82) is 0 Å². The second-order valence-electron chi connectivity index (χ2n) is 11.4. The Hall–Kier alpha value is -4.32. The number of benzene rings is 4. The van der Waals surface area contributed by atoms with E-state index < -0.39 is 40.2 Å². The van der Waals surface area contributed by atoms with Crippen LogP contribution in [0.2, 0.25) is 10.0 Å². The van der Waals surface area contributed by atoms with Crippen molar-refractivity contribution >= 4 is 50.7 Å². The Balaban J connectivity index is 1.60. The van der Waals surface area contributed by atoms with Crippen LogP contribution in [-0.4, -0.2) is 57.0 Å². The van der Waals surface area contributed by atoms with Crippen molar-refractivity contribution in [2.75, 3.05) is 24.1 Å². The van der Waals surface area contributed by atoms with E-state index >= 15 is 0 Å². The molecule has 0 unspecified atom stereocenters. The summed E-state index contributed by atoms with van der Waals surface area (Å²) in [5.41, 5.74) is 1.18. The first kappa shape index (κ1) is 35.0. The third-order valence-corrected chi connectivity index (χ3v) is 10.1. The zero-order valence-electron chi connectivity index (χ0n) is 26.2. The van der Waals surface area contributed by atoms with Crippen molar-refractivity contribution in [2.45, 2.75) is 43.8 Å². The number of fused-ring (bicyclic) bond motifs is 1. The predicted octanol–water partition coefficient (Wildman–Crippen LogP) is 6.26. The van der Waals surface area contributed by atoms with Crippen molar-refractivity contribution in [3.05, 3.63) is 118 Å². The molecular weight excluding hydrogens is 680 g/mol. The van der Waals surface area contributed by atoms with Gasteiger partial charge in [-0.15, -0.1) is 0 Å². The number of ether oxygens (including phenoxy) is 2. The summed E-state index contributed by atoms with van der Waals surface area (Å²) < 4.78 is 54.7. The van der Waals surface area contributed by atoms with E-state index in [4.69, 9.17) is 32.7 Å². The highest BCUT2D eigenvalue weighted by atomic mass is 35.5. The lowest BCUT2D eigenvalue weighted by Gasteiger charge is -2.34. The summed E-state index contributed by atoms with van der Waals surface area (Å²) >= 11 is 13.1. The van der Waals surface area contributed by atoms with Gasteiger partial charge in [-0.05, 0) is 67.9 Å². The molecule has 1 N–H and O–H groups in total. The maximum Gasteiger partial charge on any atom is 0.264 e. The summed E-state index contributed by atoms with van der Waals surface area (Å²) in [7, 11) is -4.47. The molecule has 1 atom stereocenters. The molecule has 1 aliphatic rings. The van der Waals surface area contributed by atoms with E-state index in [2.05, 4.69) is 5.32 Å². The second kappa shape index (κ2) is 15.3. The van der Waals surface area contributed by atoms with E-state index in [0.717, 1.165) is 22.0 Å². The van der Waals surface area contributed by atoms with Crippen molar-refractivity contribution in [3.63, 3.8) is 0 Å². The number of rotatable bonds is 12. The zero-order valence-corrected chi connectivity index (χ0v) is 28.6. The maximum absolute atomic E-state index is 14.6. The molecule has 0 saturated heterocycles. The molecule has 1 heterocycles. The first-order chi connectivity index (χ1) is 22.9. The van der Waals surface area contributed by atoms with Gasteiger partial charge < -0.3 is 19.7 Å². The van der Waals surface area contributed by atoms with Crippen LogP contribution in [0, 0.1) is 5.82 Å². The number of carbonyl (C=O) groups excluding carboxylic acids is 2. The van der Waals surface area contributed by atoms with Gasteiger partial charge in [-0.1, -0.05) is 59.6 Å². The largest absolute Gasteiger partial charge is 0.486 e. The molecule has 252 valence electrons. The molecule has 1 aliphatic heterocycles. The van der Waals surface area contributed by atoms with Gasteiger partial charge >= 0.3 is 0 Å². The molecule has 4 aromatic rings. The fourth-order valence-electron chi connectivity index (χ4n) is 5.24. The molecule has 13 heteroatoms. The lowest BCUT2D eigenvalue weighted by atomic mass is 10.0. The normalized spacial score (nSPS) is 13.1. The van der Waals surface area contributed by atoms with Crippen LogP contribution in [-0.2, 0) is 32.6 Å². The van der Waals surface area contributed by atoms with Gasteiger partial charge in [0.15, 0.2) is 11.5 Å². The molecule has 2 amide bonds. The average Bonchev–Trinajstić information content (AvgIpc) is 3.06. The van der Waals surface area contributed by atoms with Gasteiger partial charge in [-0.25, -0.2) is 12.8 Å². The number of amides is 2. The Labute approximate surface area is 289 Å². The third-order valence-electron chi connectivity index (χ3n) is 7.59. The van der Waals surface area contributed by atoms with Gasteiger partial charge in [0.05, 0.1) is 10.6 Å². The molecule has 9 nitrogen and oxygen atoms in total. The smallest absolute Gasteiger partial charge is 0.264 e. The molecule has 0 aromatic heterocycles. The molecule has 0 bridgehead atoms. The molecule has 0 saturated carbocycles. The number of sulfonamides is 1. The summed E-state index contributed by atoms with van der Waals surface area (Å²) in [5, 5.41) is 3.42. The van der Waals surface area contributed by atoms with Gasteiger partial charge in [0.25, 0.3) is 10.0 Å². The Bertz CT molecular complexity index is 1860. The van der Waals surface area contributed by atoms with Crippen LogP contribution in [0.3, 0.4) is 0 Å². The van der Waals surface area contributed by atoms with Crippen molar-refractivity contribution in [3.8, 4) is 11.5 Å². The van der Waals surface area contributed by atoms with Crippen molar-refractivity contribution in [2.24, 2.45) is 0 Å². The fraction of sp³-hybridized carbons (Fsp3) is 0.257. The van der Waals surface area contributed by atoms with Crippen LogP contribution in [0.25, 0.3) is 0 Å². The lowest BCUT2D eigenvalue weighted by molar-refractivity contribution is -0.140. The first-order valence-corrected chi connectivity index (χ1v) is 17.4. The summed E-state index contributed by atoms with van der Waals surface area (Å²) in [6.07, 6.45) is 0.110. The van der Waals surface area contributed by atoms with Crippen LogP contribution in [0.1, 0.15) is 25.0 Å². The average molecular weight is 715 g/mol. The van der Waals surface area contributed by atoms with Crippen LogP contribution in [0.4, 0.5) is 10.1 Å². The SMILES string of the molecule is CC(C)NC(=O)[C@@H](Cc1ccccc1)N(Cc1c(Cl)cccc1Cl)C(=O)CN(c1ccc(F)cc1)S(=O)(=O)c1ccc2c(c1)OCCO2. The number of hydrogen-bond acceptors (Lipinski definition) is 6. The van der Waals surface area contributed by atoms with Crippen LogP contribution >= 0.6 is 23.2 Å². The number of hydrogen-bond donors (Lipinski definition) is 1. The molecule has 0 fully saturated rings. The van der Waals surface area contributed by atoms with E-state index in [1.165, 1.54) is 35.2 Å². The van der Waals surface area contributed by atoms with E-state index in [9.17, 15) is 22.4 Å². The topological polar surface area (TPSA) is 105 Å². The molecular formula is C35H34Cl2FN3O6S. The highest BCUT2D eigenvalue weighted by molar-refractivity contribution is 7.92. The number of nitrogens with zero attached hydrogens (tertiary/aromatic N) is 2. The summed E-state index contributed by atoms with van der Waals surface area (Å²) in [5.74, 6) is -1.15. The summed E-state index contributed by atoms with van der Waals surface area (Å²) in [6.45, 7) is 3.19. The Kier molecular flexibility index (Phi) is 11.1. The second-order valence-corrected chi connectivity index (χ2v) is 14.1. The molecule has 4 aromatic carbocycles. The zero-order chi connectivity index (χ0) is 34.4. The van der Waals surface area contributed by atoms with Gasteiger partial charge in [-0.2, -0.15) is 0 Å². The third kappa shape index (κ3) is 8.21. The number of anilines is 1. The molecule has 48 heavy (non-hydrogen) atoms. The van der Waals surface area contributed by atoms with Crippen molar-refractivity contribution < 1.29 is 31.9 Å². The quantitative estimate of drug-likeness (QED) is 0.186. The Morgan fingerprint density at radius 2 is 1.52 bits per heavy atom.